The highest BCUT2D eigenvalue weighted by atomic mass is 79.9. The van der Waals surface area contributed by atoms with Gasteiger partial charge in [-0.3, -0.25) is 15.0 Å². The summed E-state index contributed by atoms with van der Waals surface area (Å²) in [4.78, 5) is 11.1. The van der Waals surface area contributed by atoms with Gasteiger partial charge in [-0.2, -0.15) is 0 Å². The number of aromatic amines is 2. The van der Waals surface area contributed by atoms with E-state index in [0.29, 0.717) is 4.47 Å². The average Bonchev–Trinajstić information content (AvgIpc) is 2.49. The van der Waals surface area contributed by atoms with Gasteiger partial charge in [-0.1, -0.05) is 30.3 Å². The van der Waals surface area contributed by atoms with Gasteiger partial charge >= 0.3 is 0 Å². The summed E-state index contributed by atoms with van der Waals surface area (Å²) in [5.74, 6) is 0. The summed E-state index contributed by atoms with van der Waals surface area (Å²) in [6.45, 7) is 0. The van der Waals surface area contributed by atoms with E-state index in [4.69, 9.17) is 0 Å². The highest BCUT2D eigenvalue weighted by Crippen LogP contribution is 2.21. The van der Waals surface area contributed by atoms with Crippen molar-refractivity contribution in [1.29, 1.82) is 0 Å². The van der Waals surface area contributed by atoms with Gasteiger partial charge in [0.1, 0.15) is 4.47 Å². The van der Waals surface area contributed by atoms with E-state index in [-0.39, 0.29) is 5.56 Å². The Morgan fingerprint density at radius 1 is 1.08 bits per heavy atom. The fourth-order valence-electron chi connectivity index (χ4n) is 1.15. The topological polar surface area (TPSA) is 48.6 Å². The molecule has 0 aliphatic rings. The monoisotopic (exact) mass is 238 g/mol. The highest BCUT2D eigenvalue weighted by Gasteiger charge is 2.07. The van der Waals surface area contributed by atoms with Gasteiger partial charge in [0.15, 0.2) is 0 Å². The SMILES string of the molecule is O=c1[nH][nH]c(-c2ccccc2)c1Br. The number of benzene rings is 1. The molecule has 0 unspecified atom stereocenters. The molecule has 0 atom stereocenters. The summed E-state index contributed by atoms with van der Waals surface area (Å²) in [7, 11) is 0. The highest BCUT2D eigenvalue weighted by molar-refractivity contribution is 9.10. The number of hydrogen-bond donors (Lipinski definition) is 2. The minimum atomic E-state index is -0.140. The molecule has 3 nitrogen and oxygen atoms in total. The lowest BCUT2D eigenvalue weighted by Crippen LogP contribution is -1.97. The van der Waals surface area contributed by atoms with Crippen LogP contribution < -0.4 is 5.56 Å². The van der Waals surface area contributed by atoms with Crippen LogP contribution in [0.4, 0.5) is 0 Å². The van der Waals surface area contributed by atoms with Crippen molar-refractivity contribution in [3.8, 4) is 11.3 Å². The summed E-state index contributed by atoms with van der Waals surface area (Å²) >= 11 is 3.21. The maximum atomic E-state index is 11.1. The van der Waals surface area contributed by atoms with E-state index >= 15 is 0 Å². The molecule has 0 spiro atoms. The van der Waals surface area contributed by atoms with E-state index in [1.807, 2.05) is 30.3 Å². The maximum Gasteiger partial charge on any atom is 0.278 e. The zero-order valence-corrected chi connectivity index (χ0v) is 8.26. The van der Waals surface area contributed by atoms with Crippen LogP contribution in [-0.2, 0) is 0 Å². The fraction of sp³-hybridized carbons (Fsp3) is 0. The maximum absolute atomic E-state index is 11.1. The van der Waals surface area contributed by atoms with Crippen LogP contribution in [0, 0.1) is 0 Å². The Kier molecular flexibility index (Phi) is 2.06. The Morgan fingerprint density at radius 2 is 1.77 bits per heavy atom. The van der Waals surface area contributed by atoms with Crippen LogP contribution in [-0.4, -0.2) is 10.2 Å². The van der Waals surface area contributed by atoms with Gasteiger partial charge in [0.25, 0.3) is 5.56 Å². The largest absolute Gasteiger partial charge is 0.296 e. The zero-order chi connectivity index (χ0) is 9.26. The molecule has 0 radical (unpaired) electrons. The van der Waals surface area contributed by atoms with E-state index < -0.39 is 0 Å². The van der Waals surface area contributed by atoms with Crippen LogP contribution in [0.5, 0.6) is 0 Å². The van der Waals surface area contributed by atoms with E-state index in [1.165, 1.54) is 0 Å². The second kappa shape index (κ2) is 3.22. The number of rotatable bonds is 1. The first-order chi connectivity index (χ1) is 6.29. The van der Waals surface area contributed by atoms with Crippen LogP contribution in [0.3, 0.4) is 0 Å². The molecule has 0 bridgehead atoms. The molecule has 0 aliphatic carbocycles. The number of aromatic nitrogens is 2. The molecule has 13 heavy (non-hydrogen) atoms. The molecular formula is C9H7BrN2O. The molecule has 0 saturated heterocycles. The molecular weight excluding hydrogens is 232 g/mol. The first kappa shape index (κ1) is 8.31. The summed E-state index contributed by atoms with van der Waals surface area (Å²) in [5, 5.41) is 5.31. The van der Waals surface area contributed by atoms with Crippen molar-refractivity contribution in [3.05, 3.63) is 45.2 Å². The summed E-state index contributed by atoms with van der Waals surface area (Å²) in [6, 6.07) is 9.65. The van der Waals surface area contributed by atoms with Gasteiger partial charge in [0.2, 0.25) is 0 Å². The summed E-state index contributed by atoms with van der Waals surface area (Å²) in [5.41, 5.74) is 1.62. The van der Waals surface area contributed by atoms with Gasteiger partial charge < -0.3 is 0 Å². The molecule has 2 rings (SSSR count). The Balaban J connectivity index is 2.60. The van der Waals surface area contributed by atoms with Gasteiger partial charge in [-0.15, -0.1) is 0 Å². The number of nitrogens with one attached hydrogen (secondary N) is 2. The molecule has 4 heteroatoms. The third kappa shape index (κ3) is 1.45. The minimum absolute atomic E-state index is 0.140. The molecule has 0 saturated carbocycles. The first-order valence-electron chi connectivity index (χ1n) is 3.80. The minimum Gasteiger partial charge on any atom is -0.296 e. The smallest absolute Gasteiger partial charge is 0.278 e. The predicted octanol–water partition coefficient (Wildman–Crippen LogP) is 2.13. The van der Waals surface area contributed by atoms with Crippen LogP contribution in [0.1, 0.15) is 0 Å². The third-order valence-corrected chi connectivity index (χ3v) is 2.54. The predicted molar refractivity (Wildman–Crippen MR) is 54.5 cm³/mol. The summed E-state index contributed by atoms with van der Waals surface area (Å²) < 4.78 is 0.540. The van der Waals surface area contributed by atoms with E-state index in [1.54, 1.807) is 0 Å². The number of halogens is 1. The van der Waals surface area contributed by atoms with Crippen molar-refractivity contribution >= 4 is 15.9 Å². The lowest BCUT2D eigenvalue weighted by molar-refractivity contribution is 1.06. The molecule has 2 N–H and O–H groups in total. The van der Waals surface area contributed by atoms with Gasteiger partial charge in [0.05, 0.1) is 5.69 Å². The lowest BCUT2D eigenvalue weighted by atomic mass is 10.2. The van der Waals surface area contributed by atoms with Gasteiger partial charge in [-0.25, -0.2) is 0 Å². The molecule has 1 aromatic carbocycles. The first-order valence-corrected chi connectivity index (χ1v) is 4.60. The van der Waals surface area contributed by atoms with Crippen LogP contribution >= 0.6 is 15.9 Å². The van der Waals surface area contributed by atoms with E-state index in [2.05, 4.69) is 26.1 Å². The zero-order valence-electron chi connectivity index (χ0n) is 6.67. The van der Waals surface area contributed by atoms with Crippen molar-refractivity contribution in [2.24, 2.45) is 0 Å². The van der Waals surface area contributed by atoms with Crippen LogP contribution in [0.25, 0.3) is 11.3 Å². The number of hydrogen-bond acceptors (Lipinski definition) is 1. The lowest BCUT2D eigenvalue weighted by Gasteiger charge is -1.95. The van der Waals surface area contributed by atoms with Crippen LogP contribution in [0.15, 0.2) is 39.6 Å². The van der Waals surface area contributed by atoms with E-state index in [0.717, 1.165) is 11.3 Å². The second-order valence-electron chi connectivity index (χ2n) is 2.63. The van der Waals surface area contributed by atoms with Crippen molar-refractivity contribution in [2.75, 3.05) is 0 Å². The van der Waals surface area contributed by atoms with E-state index in [9.17, 15) is 4.79 Å². The fourth-order valence-corrected chi connectivity index (χ4v) is 1.57. The Bertz CT molecular complexity index is 458. The van der Waals surface area contributed by atoms with Crippen molar-refractivity contribution in [2.45, 2.75) is 0 Å². The van der Waals surface area contributed by atoms with Gasteiger partial charge in [0, 0.05) is 5.56 Å². The normalized spacial score (nSPS) is 10.2. The third-order valence-electron chi connectivity index (χ3n) is 1.78. The molecule has 66 valence electrons. The average molecular weight is 239 g/mol. The van der Waals surface area contributed by atoms with Crippen molar-refractivity contribution < 1.29 is 0 Å². The van der Waals surface area contributed by atoms with Crippen molar-refractivity contribution in [1.82, 2.24) is 10.2 Å². The Hall–Kier alpha value is -1.29. The molecule has 2 aromatic rings. The quantitative estimate of drug-likeness (QED) is 0.786. The molecule has 1 aromatic heterocycles. The summed E-state index contributed by atoms with van der Waals surface area (Å²) in [6.07, 6.45) is 0. The Morgan fingerprint density at radius 3 is 2.31 bits per heavy atom. The molecule has 0 amide bonds. The molecule has 0 aliphatic heterocycles. The standard InChI is InChI=1S/C9H7BrN2O/c10-7-8(11-12-9(7)13)6-4-2-1-3-5-6/h1-5H,(H2,11,12,13). The molecule has 1 heterocycles. The Labute approximate surface area is 82.9 Å². The van der Waals surface area contributed by atoms with Crippen LogP contribution in [0.2, 0.25) is 0 Å². The second-order valence-corrected chi connectivity index (χ2v) is 3.43. The molecule has 0 fully saturated rings. The van der Waals surface area contributed by atoms with Gasteiger partial charge in [-0.05, 0) is 15.9 Å². The number of H-pyrrole nitrogens is 2. The van der Waals surface area contributed by atoms with Crippen molar-refractivity contribution in [3.63, 3.8) is 0 Å².